The van der Waals surface area contributed by atoms with Crippen molar-refractivity contribution in [2.45, 2.75) is 40.3 Å². The van der Waals surface area contributed by atoms with Crippen LogP contribution in [0.5, 0.6) is 0 Å². The fourth-order valence-corrected chi connectivity index (χ4v) is 2.97. The van der Waals surface area contributed by atoms with E-state index in [9.17, 15) is 23.2 Å². The maximum Gasteiger partial charge on any atom is 0.259 e. The second kappa shape index (κ2) is 9.65. The summed E-state index contributed by atoms with van der Waals surface area (Å²) in [7, 11) is 1.61. The Bertz CT molecular complexity index is 1000. The number of halogens is 2. The second-order valence-electron chi connectivity index (χ2n) is 7.97. The van der Waals surface area contributed by atoms with Gasteiger partial charge in [0, 0.05) is 38.6 Å². The fourth-order valence-electron chi connectivity index (χ4n) is 2.97. The molecule has 1 heterocycles. The lowest BCUT2D eigenvalue weighted by Gasteiger charge is -2.21. The van der Waals surface area contributed by atoms with E-state index in [0.29, 0.717) is 12.1 Å². The number of hydrogen-bond donors (Lipinski definition) is 1. The van der Waals surface area contributed by atoms with E-state index in [0.717, 1.165) is 12.1 Å². The molecular formula is C22H27F2N3O3. The number of aromatic nitrogens is 1. The van der Waals surface area contributed by atoms with Gasteiger partial charge in [0.05, 0.1) is 0 Å². The number of rotatable bonds is 7. The minimum absolute atomic E-state index is 0.0904. The van der Waals surface area contributed by atoms with Crippen LogP contribution in [0.3, 0.4) is 0 Å². The third-order valence-corrected chi connectivity index (χ3v) is 4.54. The van der Waals surface area contributed by atoms with Crippen molar-refractivity contribution < 1.29 is 18.4 Å². The van der Waals surface area contributed by atoms with Gasteiger partial charge in [-0.1, -0.05) is 19.9 Å². The first-order chi connectivity index (χ1) is 14.0. The average Bonchev–Trinajstić information content (AvgIpc) is 2.67. The Morgan fingerprint density at radius 3 is 2.27 bits per heavy atom. The molecule has 30 heavy (non-hydrogen) atoms. The van der Waals surface area contributed by atoms with Gasteiger partial charge >= 0.3 is 0 Å². The van der Waals surface area contributed by atoms with E-state index < -0.39 is 28.9 Å². The van der Waals surface area contributed by atoms with Crippen LogP contribution in [0.2, 0.25) is 0 Å². The Morgan fingerprint density at radius 1 is 1.07 bits per heavy atom. The van der Waals surface area contributed by atoms with Gasteiger partial charge in [-0.2, -0.15) is 0 Å². The van der Waals surface area contributed by atoms with Crippen LogP contribution in [-0.4, -0.2) is 34.9 Å². The van der Waals surface area contributed by atoms with Gasteiger partial charge in [0.1, 0.15) is 11.1 Å². The molecule has 0 aliphatic carbocycles. The maximum absolute atomic E-state index is 13.4. The number of nitrogens with zero attached hydrogens (tertiary/aromatic N) is 2. The molecule has 0 aliphatic heterocycles. The standard InChI is InChI=1S/C22H27F2N3O3/c1-13(2)10-26(5)22(30)17-12-27(14(3)4)11-16(20(17)28)21(29)25-9-15-6-7-18(23)19(24)8-15/h6-8,11-14H,9-10H2,1-5H3,(H,25,29). The topological polar surface area (TPSA) is 71.4 Å². The van der Waals surface area contributed by atoms with Gasteiger partial charge in [0.2, 0.25) is 5.43 Å². The molecule has 6 nitrogen and oxygen atoms in total. The van der Waals surface area contributed by atoms with Crippen LogP contribution in [0.1, 0.15) is 60.0 Å². The molecule has 2 rings (SSSR count). The Hall–Kier alpha value is -3.03. The summed E-state index contributed by atoms with van der Waals surface area (Å²) in [5, 5.41) is 2.53. The van der Waals surface area contributed by atoms with Gasteiger partial charge in [-0.05, 0) is 37.5 Å². The van der Waals surface area contributed by atoms with Crippen LogP contribution in [-0.2, 0) is 6.54 Å². The highest BCUT2D eigenvalue weighted by molar-refractivity contribution is 5.99. The smallest absolute Gasteiger partial charge is 0.259 e. The predicted molar refractivity (Wildman–Crippen MR) is 110 cm³/mol. The van der Waals surface area contributed by atoms with E-state index in [1.807, 2.05) is 27.7 Å². The Balaban J connectivity index is 2.34. The molecule has 0 aliphatic rings. The van der Waals surface area contributed by atoms with Crippen molar-refractivity contribution in [1.29, 1.82) is 0 Å². The van der Waals surface area contributed by atoms with Gasteiger partial charge in [-0.15, -0.1) is 0 Å². The van der Waals surface area contributed by atoms with Gasteiger partial charge in [0.25, 0.3) is 11.8 Å². The SMILES string of the molecule is CC(C)CN(C)C(=O)c1cn(C(C)C)cc(C(=O)NCc2ccc(F)c(F)c2)c1=O. The number of nitrogens with one attached hydrogen (secondary N) is 1. The molecule has 0 unspecified atom stereocenters. The summed E-state index contributed by atoms with van der Waals surface area (Å²) >= 11 is 0. The van der Waals surface area contributed by atoms with Crippen LogP contribution in [0.15, 0.2) is 35.4 Å². The molecule has 162 valence electrons. The van der Waals surface area contributed by atoms with E-state index >= 15 is 0 Å². The molecule has 2 aromatic rings. The summed E-state index contributed by atoms with van der Waals surface area (Å²) in [5.41, 5.74) is -0.604. The summed E-state index contributed by atoms with van der Waals surface area (Å²) in [6, 6.07) is 3.19. The van der Waals surface area contributed by atoms with E-state index in [1.54, 1.807) is 11.6 Å². The van der Waals surface area contributed by atoms with Crippen LogP contribution in [0.4, 0.5) is 8.78 Å². The largest absolute Gasteiger partial charge is 0.350 e. The van der Waals surface area contributed by atoms with E-state index in [4.69, 9.17) is 0 Å². The van der Waals surface area contributed by atoms with Gasteiger partial charge in [-0.25, -0.2) is 8.78 Å². The molecule has 0 bridgehead atoms. The van der Waals surface area contributed by atoms with Crippen LogP contribution in [0.25, 0.3) is 0 Å². The van der Waals surface area contributed by atoms with Crippen molar-refractivity contribution in [2.24, 2.45) is 5.92 Å². The lowest BCUT2D eigenvalue weighted by atomic mass is 10.1. The van der Waals surface area contributed by atoms with Gasteiger partial charge < -0.3 is 14.8 Å². The Morgan fingerprint density at radius 2 is 1.70 bits per heavy atom. The molecule has 0 saturated carbocycles. The Kier molecular flexibility index (Phi) is 7.48. The number of amides is 2. The maximum atomic E-state index is 13.4. The summed E-state index contributed by atoms with van der Waals surface area (Å²) in [4.78, 5) is 39.8. The normalized spacial score (nSPS) is 11.1. The van der Waals surface area contributed by atoms with E-state index in [1.165, 1.54) is 23.4 Å². The number of hydrogen-bond acceptors (Lipinski definition) is 3. The third-order valence-electron chi connectivity index (χ3n) is 4.54. The number of pyridine rings is 1. The summed E-state index contributed by atoms with van der Waals surface area (Å²) in [6.07, 6.45) is 2.85. The zero-order chi connectivity index (χ0) is 22.6. The minimum atomic E-state index is -1.02. The highest BCUT2D eigenvalue weighted by Gasteiger charge is 2.22. The third kappa shape index (κ3) is 5.52. The van der Waals surface area contributed by atoms with Crippen molar-refractivity contribution in [2.75, 3.05) is 13.6 Å². The zero-order valence-corrected chi connectivity index (χ0v) is 17.8. The number of carbonyl (C=O) groups is 2. The molecule has 1 N–H and O–H groups in total. The summed E-state index contributed by atoms with van der Waals surface area (Å²) in [6.45, 7) is 8.00. The van der Waals surface area contributed by atoms with Crippen molar-refractivity contribution >= 4 is 11.8 Å². The lowest BCUT2D eigenvalue weighted by molar-refractivity contribution is 0.0777. The first-order valence-corrected chi connectivity index (χ1v) is 9.74. The van der Waals surface area contributed by atoms with Crippen molar-refractivity contribution in [3.05, 3.63) is 69.1 Å². The van der Waals surface area contributed by atoms with Gasteiger partial charge in [0.15, 0.2) is 11.6 Å². The molecule has 2 amide bonds. The highest BCUT2D eigenvalue weighted by atomic mass is 19.2. The van der Waals surface area contributed by atoms with Gasteiger partial charge in [-0.3, -0.25) is 14.4 Å². The minimum Gasteiger partial charge on any atom is -0.350 e. The molecule has 0 radical (unpaired) electrons. The number of benzene rings is 1. The van der Waals surface area contributed by atoms with Crippen molar-refractivity contribution in [3.8, 4) is 0 Å². The molecule has 1 aromatic heterocycles. The fraction of sp³-hybridized carbons (Fsp3) is 0.409. The van der Waals surface area contributed by atoms with E-state index in [-0.39, 0.29) is 29.6 Å². The molecule has 1 aromatic carbocycles. The summed E-state index contributed by atoms with van der Waals surface area (Å²) < 4.78 is 28.0. The highest BCUT2D eigenvalue weighted by Crippen LogP contribution is 2.11. The molecule has 8 heteroatoms. The van der Waals surface area contributed by atoms with Crippen molar-refractivity contribution in [1.82, 2.24) is 14.8 Å². The van der Waals surface area contributed by atoms with Crippen LogP contribution in [0, 0.1) is 17.6 Å². The molecule has 0 atom stereocenters. The molecular weight excluding hydrogens is 392 g/mol. The van der Waals surface area contributed by atoms with E-state index in [2.05, 4.69) is 5.32 Å². The number of carbonyl (C=O) groups excluding carboxylic acids is 2. The first kappa shape index (κ1) is 23.3. The quantitative estimate of drug-likeness (QED) is 0.748. The lowest BCUT2D eigenvalue weighted by Crippen LogP contribution is -2.37. The molecule has 0 saturated heterocycles. The second-order valence-corrected chi connectivity index (χ2v) is 7.97. The first-order valence-electron chi connectivity index (χ1n) is 9.74. The zero-order valence-electron chi connectivity index (χ0n) is 17.8. The van der Waals surface area contributed by atoms with Crippen LogP contribution < -0.4 is 10.7 Å². The summed E-state index contributed by atoms with van der Waals surface area (Å²) in [5.74, 6) is -2.95. The molecule has 0 spiro atoms. The van der Waals surface area contributed by atoms with Crippen molar-refractivity contribution in [3.63, 3.8) is 0 Å². The van der Waals surface area contributed by atoms with Crippen LogP contribution >= 0.6 is 0 Å². The average molecular weight is 419 g/mol. The molecule has 0 fully saturated rings. The monoisotopic (exact) mass is 419 g/mol. The predicted octanol–water partition coefficient (Wildman–Crippen LogP) is 3.37. The Labute approximate surface area is 174 Å².